The topological polar surface area (TPSA) is 90.5 Å². The second kappa shape index (κ2) is 6.96. The summed E-state index contributed by atoms with van der Waals surface area (Å²) < 4.78 is 6.76. The lowest BCUT2D eigenvalue weighted by Crippen LogP contribution is -2.42. The highest BCUT2D eigenvalue weighted by molar-refractivity contribution is 5.94. The number of hydrogen-bond donors (Lipinski definition) is 1. The fourth-order valence-corrected chi connectivity index (χ4v) is 3.10. The smallest absolute Gasteiger partial charge is 0.272 e. The molecule has 132 valence electrons. The van der Waals surface area contributed by atoms with Crippen LogP contribution in [-0.4, -0.2) is 46.7 Å². The van der Waals surface area contributed by atoms with Gasteiger partial charge in [-0.05, 0) is 43.2 Å². The van der Waals surface area contributed by atoms with E-state index in [4.69, 9.17) is 10.5 Å². The third-order valence-corrected chi connectivity index (χ3v) is 4.67. The Hall–Kier alpha value is -2.83. The summed E-state index contributed by atoms with van der Waals surface area (Å²) in [5.41, 5.74) is 7.53. The molecule has 2 aromatic rings. The Morgan fingerprint density at radius 3 is 2.40 bits per heavy atom. The van der Waals surface area contributed by atoms with Crippen molar-refractivity contribution in [1.82, 2.24) is 14.7 Å². The summed E-state index contributed by atoms with van der Waals surface area (Å²) in [5.74, 6) is 0.283. The Kier molecular flexibility index (Phi) is 4.74. The molecule has 0 unspecified atom stereocenters. The highest BCUT2D eigenvalue weighted by Gasteiger charge is 2.28. The number of aromatic nitrogens is 2. The summed E-state index contributed by atoms with van der Waals surface area (Å²) >= 11 is 0. The van der Waals surface area contributed by atoms with Crippen molar-refractivity contribution in [3.8, 4) is 17.0 Å². The van der Waals surface area contributed by atoms with Gasteiger partial charge in [0.2, 0.25) is 5.91 Å². The fraction of sp³-hybridized carbons (Fsp3) is 0.389. The number of ether oxygens (including phenoxy) is 1. The van der Waals surface area contributed by atoms with E-state index >= 15 is 0 Å². The molecule has 2 N–H and O–H groups in total. The summed E-state index contributed by atoms with van der Waals surface area (Å²) in [5, 5.41) is 4.45. The lowest BCUT2D eigenvalue weighted by molar-refractivity contribution is -0.123. The molecule has 7 heteroatoms. The van der Waals surface area contributed by atoms with Gasteiger partial charge in [0.1, 0.15) is 11.4 Å². The Bertz CT molecular complexity index is 774. The molecule has 25 heavy (non-hydrogen) atoms. The van der Waals surface area contributed by atoms with Crippen LogP contribution in [0.2, 0.25) is 0 Å². The van der Waals surface area contributed by atoms with Crippen molar-refractivity contribution in [2.24, 2.45) is 18.7 Å². The first-order valence-corrected chi connectivity index (χ1v) is 8.26. The van der Waals surface area contributed by atoms with Crippen LogP contribution in [0.5, 0.6) is 5.75 Å². The fourth-order valence-electron chi connectivity index (χ4n) is 3.10. The van der Waals surface area contributed by atoms with E-state index in [0.29, 0.717) is 31.6 Å². The largest absolute Gasteiger partial charge is 0.497 e. The normalized spacial score (nSPS) is 15.2. The van der Waals surface area contributed by atoms with Gasteiger partial charge in [-0.15, -0.1) is 0 Å². The zero-order chi connectivity index (χ0) is 18.0. The maximum atomic E-state index is 12.8. The number of likely N-dealkylation sites (tertiary alicyclic amines) is 1. The van der Waals surface area contributed by atoms with Crippen molar-refractivity contribution >= 4 is 11.8 Å². The first-order chi connectivity index (χ1) is 12.0. The summed E-state index contributed by atoms with van der Waals surface area (Å²) in [7, 11) is 3.38. The SMILES string of the molecule is COc1ccc(-c2cc(C(=O)N3CCC(C(N)=O)CC3)n(C)n2)cc1. The minimum Gasteiger partial charge on any atom is -0.497 e. The molecule has 0 saturated carbocycles. The number of rotatable bonds is 4. The summed E-state index contributed by atoms with van der Waals surface area (Å²) in [4.78, 5) is 25.8. The van der Waals surface area contributed by atoms with Gasteiger partial charge in [0.25, 0.3) is 5.91 Å². The number of carbonyl (C=O) groups excluding carboxylic acids is 2. The van der Waals surface area contributed by atoms with Gasteiger partial charge in [-0.2, -0.15) is 5.10 Å². The summed E-state index contributed by atoms with van der Waals surface area (Å²) in [6.07, 6.45) is 1.23. The van der Waals surface area contributed by atoms with E-state index in [2.05, 4.69) is 5.10 Å². The number of primary amides is 1. The molecule has 7 nitrogen and oxygen atoms in total. The predicted molar refractivity (Wildman–Crippen MR) is 93.0 cm³/mol. The lowest BCUT2D eigenvalue weighted by Gasteiger charge is -2.30. The Morgan fingerprint density at radius 1 is 1.20 bits per heavy atom. The van der Waals surface area contributed by atoms with Crippen molar-refractivity contribution in [2.45, 2.75) is 12.8 Å². The lowest BCUT2D eigenvalue weighted by atomic mass is 9.96. The van der Waals surface area contributed by atoms with Gasteiger partial charge in [0.15, 0.2) is 0 Å². The number of benzene rings is 1. The molecule has 3 rings (SSSR count). The van der Waals surface area contributed by atoms with Crippen LogP contribution in [0.15, 0.2) is 30.3 Å². The Morgan fingerprint density at radius 2 is 1.84 bits per heavy atom. The van der Waals surface area contributed by atoms with Crippen LogP contribution in [0.4, 0.5) is 0 Å². The van der Waals surface area contributed by atoms with Crippen molar-refractivity contribution < 1.29 is 14.3 Å². The van der Waals surface area contributed by atoms with Gasteiger partial charge >= 0.3 is 0 Å². The monoisotopic (exact) mass is 342 g/mol. The van der Waals surface area contributed by atoms with Gasteiger partial charge in [0.05, 0.1) is 12.8 Å². The van der Waals surface area contributed by atoms with E-state index in [1.165, 1.54) is 0 Å². The van der Waals surface area contributed by atoms with Gasteiger partial charge in [-0.3, -0.25) is 14.3 Å². The number of amides is 2. The first-order valence-electron chi connectivity index (χ1n) is 8.26. The van der Waals surface area contributed by atoms with Gasteiger partial charge in [-0.25, -0.2) is 0 Å². The van der Waals surface area contributed by atoms with Crippen molar-refractivity contribution in [2.75, 3.05) is 20.2 Å². The third-order valence-electron chi connectivity index (χ3n) is 4.67. The number of piperidine rings is 1. The van der Waals surface area contributed by atoms with E-state index in [-0.39, 0.29) is 17.7 Å². The second-order valence-electron chi connectivity index (χ2n) is 6.24. The third kappa shape index (κ3) is 3.50. The van der Waals surface area contributed by atoms with Crippen molar-refractivity contribution in [3.05, 3.63) is 36.0 Å². The molecule has 0 aliphatic carbocycles. The maximum absolute atomic E-state index is 12.8. The molecule has 0 atom stereocenters. The highest BCUT2D eigenvalue weighted by Crippen LogP contribution is 2.24. The Balaban J connectivity index is 1.75. The molecular weight excluding hydrogens is 320 g/mol. The molecule has 2 heterocycles. The molecule has 0 bridgehead atoms. The highest BCUT2D eigenvalue weighted by atomic mass is 16.5. The molecule has 1 saturated heterocycles. The number of aryl methyl sites for hydroxylation is 1. The summed E-state index contributed by atoms with van der Waals surface area (Å²) in [6.45, 7) is 1.07. The average molecular weight is 342 g/mol. The van der Waals surface area contributed by atoms with E-state index < -0.39 is 0 Å². The van der Waals surface area contributed by atoms with Crippen LogP contribution in [0, 0.1) is 5.92 Å². The summed E-state index contributed by atoms with van der Waals surface area (Å²) in [6, 6.07) is 9.34. The van der Waals surface area contributed by atoms with E-state index in [9.17, 15) is 9.59 Å². The second-order valence-corrected chi connectivity index (χ2v) is 6.24. The average Bonchev–Trinajstić information content (AvgIpc) is 3.03. The van der Waals surface area contributed by atoms with Gasteiger partial charge in [0, 0.05) is 31.6 Å². The minimum atomic E-state index is -0.283. The molecule has 0 radical (unpaired) electrons. The van der Waals surface area contributed by atoms with E-state index in [1.807, 2.05) is 24.3 Å². The molecule has 2 amide bonds. The molecule has 1 aromatic carbocycles. The zero-order valence-corrected chi connectivity index (χ0v) is 14.4. The minimum absolute atomic E-state index is 0.0716. The van der Waals surface area contributed by atoms with E-state index in [0.717, 1.165) is 17.0 Å². The molecule has 1 fully saturated rings. The van der Waals surface area contributed by atoms with E-state index in [1.54, 1.807) is 29.8 Å². The molecular formula is C18H22N4O3. The zero-order valence-electron chi connectivity index (χ0n) is 14.4. The number of nitrogens with two attached hydrogens (primary N) is 1. The van der Waals surface area contributed by atoms with Crippen LogP contribution in [0.3, 0.4) is 0 Å². The van der Waals surface area contributed by atoms with Crippen LogP contribution >= 0.6 is 0 Å². The van der Waals surface area contributed by atoms with Gasteiger partial charge < -0.3 is 15.4 Å². The molecule has 1 aliphatic rings. The quantitative estimate of drug-likeness (QED) is 0.910. The molecule has 0 spiro atoms. The van der Waals surface area contributed by atoms with Crippen molar-refractivity contribution in [1.29, 1.82) is 0 Å². The van der Waals surface area contributed by atoms with Crippen molar-refractivity contribution in [3.63, 3.8) is 0 Å². The molecule has 1 aliphatic heterocycles. The number of hydrogen-bond acceptors (Lipinski definition) is 4. The number of carbonyl (C=O) groups is 2. The molecule has 1 aromatic heterocycles. The van der Waals surface area contributed by atoms with Crippen LogP contribution in [-0.2, 0) is 11.8 Å². The first kappa shape index (κ1) is 17.0. The maximum Gasteiger partial charge on any atom is 0.272 e. The van der Waals surface area contributed by atoms with Crippen LogP contribution in [0.25, 0.3) is 11.3 Å². The van der Waals surface area contributed by atoms with Crippen LogP contribution in [0.1, 0.15) is 23.3 Å². The van der Waals surface area contributed by atoms with Gasteiger partial charge in [-0.1, -0.05) is 0 Å². The predicted octanol–water partition coefficient (Wildman–Crippen LogP) is 1.43. The Labute approximate surface area is 146 Å². The number of nitrogens with zero attached hydrogens (tertiary/aromatic N) is 3. The van der Waals surface area contributed by atoms with Crippen LogP contribution < -0.4 is 10.5 Å². The standard InChI is InChI=1S/C18H22N4O3/c1-21-16(18(24)22-9-7-13(8-10-22)17(19)23)11-15(20-21)12-3-5-14(25-2)6-4-12/h3-6,11,13H,7-10H2,1-2H3,(H2,19,23). The number of methoxy groups -OCH3 is 1.